The molecule has 1 aromatic carbocycles. The topological polar surface area (TPSA) is 65.4 Å². The van der Waals surface area contributed by atoms with Gasteiger partial charge in [-0.2, -0.15) is 0 Å². The average molecular weight is 388 g/mol. The van der Waals surface area contributed by atoms with Gasteiger partial charge in [-0.15, -0.1) is 11.3 Å². The van der Waals surface area contributed by atoms with Gasteiger partial charge in [-0.3, -0.25) is 4.79 Å². The Kier molecular flexibility index (Phi) is 6.98. The van der Waals surface area contributed by atoms with Gasteiger partial charge in [-0.05, 0) is 25.5 Å². The Balaban J connectivity index is 1.76. The van der Waals surface area contributed by atoms with Crippen molar-refractivity contribution in [2.75, 3.05) is 33.5 Å². The number of benzene rings is 1. The van der Waals surface area contributed by atoms with Crippen LogP contribution in [-0.4, -0.2) is 48.9 Å². The number of nitrogens with zero attached hydrogens (tertiary/aromatic N) is 2. The Morgan fingerprint density at radius 2 is 2.15 bits per heavy atom. The van der Waals surface area contributed by atoms with Gasteiger partial charge in [-0.1, -0.05) is 18.2 Å². The highest BCUT2D eigenvalue weighted by Gasteiger charge is 2.16. The second kappa shape index (κ2) is 9.64. The molecule has 0 aliphatic rings. The molecule has 1 N–H and O–H groups in total. The van der Waals surface area contributed by atoms with Gasteiger partial charge in [-0.25, -0.2) is 4.98 Å². The van der Waals surface area contributed by atoms with Gasteiger partial charge in [0.1, 0.15) is 10.7 Å². The van der Waals surface area contributed by atoms with E-state index in [9.17, 15) is 4.79 Å². The van der Waals surface area contributed by atoms with Crippen LogP contribution in [0.1, 0.15) is 23.8 Å². The highest BCUT2D eigenvalue weighted by molar-refractivity contribution is 7.13. The predicted molar refractivity (Wildman–Crippen MR) is 108 cm³/mol. The SMILES string of the molecule is CCOCCCNC(=O)c1csc(-c2cc3ccccc3n2CCOC)n1. The summed E-state index contributed by atoms with van der Waals surface area (Å²) >= 11 is 1.48. The summed E-state index contributed by atoms with van der Waals surface area (Å²) in [6, 6.07) is 10.3. The third-order valence-electron chi connectivity index (χ3n) is 4.24. The highest BCUT2D eigenvalue weighted by Crippen LogP contribution is 2.30. The fraction of sp³-hybridized carbons (Fsp3) is 0.400. The molecule has 0 unspecified atom stereocenters. The van der Waals surface area contributed by atoms with Crippen molar-refractivity contribution in [1.29, 1.82) is 0 Å². The summed E-state index contributed by atoms with van der Waals surface area (Å²) in [6.07, 6.45) is 0.793. The number of carbonyl (C=O) groups is 1. The molecule has 0 fully saturated rings. The van der Waals surface area contributed by atoms with Crippen LogP contribution in [0.5, 0.6) is 0 Å². The molecule has 3 aromatic rings. The number of para-hydroxylation sites is 1. The number of thiazole rings is 1. The number of methoxy groups -OCH3 is 1. The number of carbonyl (C=O) groups excluding carboxylic acids is 1. The molecule has 3 rings (SSSR count). The Bertz CT molecular complexity index is 888. The van der Waals surface area contributed by atoms with Crippen LogP contribution in [-0.2, 0) is 16.0 Å². The molecular formula is C20H25N3O3S. The maximum Gasteiger partial charge on any atom is 0.270 e. The molecule has 0 aliphatic heterocycles. The fourth-order valence-electron chi connectivity index (χ4n) is 2.92. The first-order chi connectivity index (χ1) is 13.2. The first-order valence-corrected chi connectivity index (χ1v) is 10.0. The molecule has 0 aliphatic carbocycles. The second-order valence-electron chi connectivity index (χ2n) is 6.08. The third kappa shape index (κ3) is 4.74. The van der Waals surface area contributed by atoms with E-state index in [1.807, 2.05) is 24.4 Å². The van der Waals surface area contributed by atoms with E-state index in [1.165, 1.54) is 11.3 Å². The van der Waals surface area contributed by atoms with E-state index >= 15 is 0 Å². The minimum Gasteiger partial charge on any atom is -0.383 e. The van der Waals surface area contributed by atoms with E-state index in [2.05, 4.69) is 33.1 Å². The number of hydrogen-bond donors (Lipinski definition) is 1. The fourth-order valence-corrected chi connectivity index (χ4v) is 3.74. The first kappa shape index (κ1) is 19.5. The van der Waals surface area contributed by atoms with Crippen molar-refractivity contribution in [2.24, 2.45) is 0 Å². The molecule has 0 spiro atoms. The van der Waals surface area contributed by atoms with Crippen LogP contribution in [0.4, 0.5) is 0 Å². The highest BCUT2D eigenvalue weighted by atomic mass is 32.1. The Morgan fingerprint density at radius 3 is 2.96 bits per heavy atom. The van der Waals surface area contributed by atoms with Crippen molar-refractivity contribution in [3.05, 3.63) is 41.4 Å². The van der Waals surface area contributed by atoms with Crippen molar-refractivity contribution in [1.82, 2.24) is 14.9 Å². The standard InChI is InChI=1S/C20H25N3O3S/c1-3-26-11-6-9-21-19(24)16-14-27-20(22-16)18-13-15-7-4-5-8-17(15)23(18)10-12-25-2/h4-5,7-8,13-14H,3,6,9-12H2,1-2H3,(H,21,24). The van der Waals surface area contributed by atoms with Gasteiger partial charge in [0.2, 0.25) is 0 Å². The lowest BCUT2D eigenvalue weighted by molar-refractivity contribution is 0.0940. The van der Waals surface area contributed by atoms with Crippen molar-refractivity contribution in [3.8, 4) is 10.7 Å². The lowest BCUT2D eigenvalue weighted by Gasteiger charge is -2.08. The first-order valence-electron chi connectivity index (χ1n) is 9.13. The van der Waals surface area contributed by atoms with Crippen LogP contribution in [0.15, 0.2) is 35.7 Å². The molecule has 1 amide bonds. The van der Waals surface area contributed by atoms with E-state index < -0.39 is 0 Å². The average Bonchev–Trinajstić information content (AvgIpc) is 3.31. The van der Waals surface area contributed by atoms with Gasteiger partial charge in [0.25, 0.3) is 5.91 Å². The van der Waals surface area contributed by atoms with Crippen LogP contribution < -0.4 is 5.32 Å². The van der Waals surface area contributed by atoms with Crippen LogP contribution in [0.3, 0.4) is 0 Å². The van der Waals surface area contributed by atoms with E-state index in [0.717, 1.165) is 34.6 Å². The second-order valence-corrected chi connectivity index (χ2v) is 6.94. The molecule has 2 heterocycles. The molecule has 27 heavy (non-hydrogen) atoms. The molecule has 144 valence electrons. The largest absolute Gasteiger partial charge is 0.383 e. The molecule has 2 aromatic heterocycles. The minimum atomic E-state index is -0.145. The number of rotatable bonds is 10. The predicted octanol–water partition coefficient (Wildman–Crippen LogP) is 3.57. The number of fused-ring (bicyclic) bond motifs is 1. The van der Waals surface area contributed by atoms with E-state index in [1.54, 1.807) is 7.11 Å². The van der Waals surface area contributed by atoms with Gasteiger partial charge in [0, 0.05) is 49.7 Å². The number of nitrogens with one attached hydrogen (secondary N) is 1. The van der Waals surface area contributed by atoms with Gasteiger partial charge >= 0.3 is 0 Å². The molecule has 7 heteroatoms. The van der Waals surface area contributed by atoms with Crippen molar-refractivity contribution < 1.29 is 14.3 Å². The smallest absolute Gasteiger partial charge is 0.270 e. The molecule has 0 atom stereocenters. The van der Waals surface area contributed by atoms with Crippen LogP contribution >= 0.6 is 11.3 Å². The maximum absolute atomic E-state index is 12.3. The Hall–Kier alpha value is -2.22. The van der Waals surface area contributed by atoms with Gasteiger partial charge in [0.15, 0.2) is 0 Å². The summed E-state index contributed by atoms with van der Waals surface area (Å²) in [7, 11) is 1.70. The number of hydrogen-bond acceptors (Lipinski definition) is 5. The van der Waals surface area contributed by atoms with Crippen LogP contribution in [0, 0.1) is 0 Å². The molecule has 6 nitrogen and oxygen atoms in total. The van der Waals surface area contributed by atoms with Crippen molar-refractivity contribution in [2.45, 2.75) is 19.9 Å². The van der Waals surface area contributed by atoms with Gasteiger partial charge < -0.3 is 19.4 Å². The summed E-state index contributed by atoms with van der Waals surface area (Å²) in [5.74, 6) is -0.145. The number of aromatic nitrogens is 2. The lowest BCUT2D eigenvalue weighted by Crippen LogP contribution is -2.25. The zero-order chi connectivity index (χ0) is 19.1. The van der Waals surface area contributed by atoms with Crippen LogP contribution in [0.2, 0.25) is 0 Å². The maximum atomic E-state index is 12.3. The summed E-state index contributed by atoms with van der Waals surface area (Å²) in [6.45, 7) is 5.24. The molecule has 0 saturated heterocycles. The Morgan fingerprint density at radius 1 is 1.30 bits per heavy atom. The zero-order valence-corrected chi connectivity index (χ0v) is 16.6. The Labute approximate surface area is 163 Å². The van der Waals surface area contributed by atoms with Crippen molar-refractivity contribution in [3.63, 3.8) is 0 Å². The number of amides is 1. The van der Waals surface area contributed by atoms with Crippen molar-refractivity contribution >= 4 is 28.1 Å². The molecular weight excluding hydrogens is 362 g/mol. The summed E-state index contributed by atoms with van der Waals surface area (Å²) in [5.41, 5.74) is 2.60. The molecule has 0 radical (unpaired) electrons. The normalized spacial score (nSPS) is 11.2. The minimum absolute atomic E-state index is 0.145. The summed E-state index contributed by atoms with van der Waals surface area (Å²) in [4.78, 5) is 16.9. The molecule has 0 saturated carbocycles. The summed E-state index contributed by atoms with van der Waals surface area (Å²) in [5, 5.41) is 6.70. The molecule has 0 bridgehead atoms. The van der Waals surface area contributed by atoms with E-state index in [-0.39, 0.29) is 5.91 Å². The zero-order valence-electron chi connectivity index (χ0n) is 15.7. The quantitative estimate of drug-likeness (QED) is 0.540. The monoisotopic (exact) mass is 387 g/mol. The lowest BCUT2D eigenvalue weighted by atomic mass is 10.2. The summed E-state index contributed by atoms with van der Waals surface area (Å²) < 4.78 is 12.7. The van der Waals surface area contributed by atoms with E-state index in [4.69, 9.17) is 9.47 Å². The van der Waals surface area contributed by atoms with Crippen LogP contribution in [0.25, 0.3) is 21.6 Å². The number of ether oxygens (including phenoxy) is 2. The van der Waals surface area contributed by atoms with E-state index in [0.29, 0.717) is 32.1 Å². The van der Waals surface area contributed by atoms with Gasteiger partial charge in [0.05, 0.1) is 12.3 Å². The third-order valence-corrected chi connectivity index (χ3v) is 5.11.